The number of carboxylic acid groups (broad SMARTS) is 1. The lowest BCUT2D eigenvalue weighted by atomic mass is 9.98. The lowest BCUT2D eigenvalue weighted by Crippen LogP contribution is -2.13. The number of aliphatic carboxylic acids is 1. The molecular weight excluding hydrogens is 428 g/mol. The minimum atomic E-state index is -4.98. The maximum atomic E-state index is 13.0. The molecule has 1 atom stereocenters. The molecule has 2 rings (SSSR count). The number of hydrogen-bond donors (Lipinski definition) is 1. The van der Waals surface area contributed by atoms with E-state index >= 15 is 0 Å². The van der Waals surface area contributed by atoms with Crippen molar-refractivity contribution in [3.8, 4) is 5.75 Å². The van der Waals surface area contributed by atoms with Crippen molar-refractivity contribution in [3.05, 3.63) is 71.3 Å². The summed E-state index contributed by atoms with van der Waals surface area (Å²) in [7, 11) is 1.36. The molecule has 0 spiro atoms. The molecule has 0 heterocycles. The molecule has 0 saturated carbocycles. The lowest BCUT2D eigenvalue weighted by molar-refractivity contribution is -0.143. The molecule has 0 amide bonds. The first kappa shape index (κ1) is 24.0. The Balaban J connectivity index is 2.53. The minimum absolute atomic E-state index is 0.0237. The average Bonchev–Trinajstić information content (AvgIpc) is 2.69. The Labute approximate surface area is 173 Å². The Morgan fingerprint density at radius 1 is 1.10 bits per heavy atom. The van der Waals surface area contributed by atoms with Gasteiger partial charge in [-0.1, -0.05) is 12.1 Å². The summed E-state index contributed by atoms with van der Waals surface area (Å²) < 4.78 is 83.2. The van der Waals surface area contributed by atoms with E-state index in [1.165, 1.54) is 31.4 Å². The number of carbonyl (C=O) groups is 1. The van der Waals surface area contributed by atoms with Gasteiger partial charge in [0.2, 0.25) is 0 Å². The normalized spacial score (nSPS) is 13.3. The minimum Gasteiger partial charge on any atom is -0.497 e. The molecule has 0 saturated heterocycles. The molecule has 0 aliphatic heterocycles. The van der Waals surface area contributed by atoms with Crippen molar-refractivity contribution in [3.63, 3.8) is 0 Å². The summed E-state index contributed by atoms with van der Waals surface area (Å²) in [5.74, 6) is -1.79. The second-order valence-electron chi connectivity index (χ2n) is 6.48. The van der Waals surface area contributed by atoms with Gasteiger partial charge in [0, 0.05) is 12.3 Å². The maximum Gasteiger partial charge on any atom is 0.416 e. The summed E-state index contributed by atoms with van der Waals surface area (Å²) in [4.78, 5) is 15.3. The highest BCUT2D eigenvalue weighted by molar-refractivity contribution is 5.83. The van der Waals surface area contributed by atoms with Crippen molar-refractivity contribution in [2.75, 3.05) is 7.11 Å². The number of hydrogen-bond acceptors (Lipinski definition) is 3. The van der Waals surface area contributed by atoms with Gasteiger partial charge in [0.25, 0.3) is 0 Å². The Morgan fingerprint density at radius 3 is 2.13 bits per heavy atom. The average molecular weight is 445 g/mol. The fourth-order valence-electron chi connectivity index (χ4n) is 2.67. The number of aliphatic imine (C=N–C) groups is 1. The molecule has 0 aromatic heterocycles. The largest absolute Gasteiger partial charge is 0.497 e. The third-order valence-corrected chi connectivity index (χ3v) is 4.30. The first-order valence-electron chi connectivity index (χ1n) is 8.71. The Kier molecular flexibility index (Phi) is 7.14. The second-order valence-corrected chi connectivity index (χ2v) is 6.48. The van der Waals surface area contributed by atoms with Crippen LogP contribution in [-0.2, 0) is 23.6 Å². The van der Waals surface area contributed by atoms with Gasteiger partial charge in [-0.3, -0.25) is 9.79 Å². The molecule has 10 heteroatoms. The molecule has 166 valence electrons. The van der Waals surface area contributed by atoms with E-state index in [9.17, 15) is 36.2 Å². The van der Waals surface area contributed by atoms with Gasteiger partial charge >= 0.3 is 18.3 Å². The Hall–Kier alpha value is -3.30. The number of alkyl halides is 6. The molecular formula is C21H17F6NO3. The van der Waals surface area contributed by atoms with Crippen LogP contribution < -0.4 is 4.74 Å². The highest BCUT2D eigenvalue weighted by Gasteiger charge is 2.36. The van der Waals surface area contributed by atoms with Gasteiger partial charge in [-0.05, 0) is 41.8 Å². The van der Waals surface area contributed by atoms with E-state index in [0.717, 1.165) is 6.21 Å². The highest BCUT2D eigenvalue weighted by atomic mass is 19.4. The lowest BCUT2D eigenvalue weighted by Gasteiger charge is -2.13. The molecule has 4 nitrogen and oxygen atoms in total. The van der Waals surface area contributed by atoms with Crippen LogP contribution >= 0.6 is 0 Å². The topological polar surface area (TPSA) is 58.9 Å². The van der Waals surface area contributed by atoms with Crippen molar-refractivity contribution < 1.29 is 41.0 Å². The summed E-state index contributed by atoms with van der Waals surface area (Å²) >= 11 is 0. The number of ether oxygens (including phenoxy) is 1. The van der Waals surface area contributed by atoms with Crippen molar-refractivity contribution in [2.24, 2.45) is 10.9 Å². The first-order valence-corrected chi connectivity index (χ1v) is 8.71. The SMILES string of the molecule is C=CC(Cc1ccc(OC)cc1N=Cc1cc(C(F)(F)F)cc(C(F)(F)F)c1)C(=O)O. The molecule has 31 heavy (non-hydrogen) atoms. The van der Waals surface area contributed by atoms with Crippen LogP contribution in [0.3, 0.4) is 0 Å². The van der Waals surface area contributed by atoms with Gasteiger partial charge in [0.15, 0.2) is 0 Å². The maximum absolute atomic E-state index is 13.0. The molecule has 0 aliphatic rings. The van der Waals surface area contributed by atoms with Crippen LogP contribution in [0, 0.1) is 5.92 Å². The van der Waals surface area contributed by atoms with E-state index in [1.54, 1.807) is 0 Å². The monoisotopic (exact) mass is 445 g/mol. The number of rotatable bonds is 7. The predicted molar refractivity (Wildman–Crippen MR) is 102 cm³/mol. The molecule has 0 radical (unpaired) electrons. The summed E-state index contributed by atoms with van der Waals surface area (Å²) in [5.41, 5.74) is -2.82. The van der Waals surface area contributed by atoms with E-state index in [1.807, 2.05) is 0 Å². The van der Waals surface area contributed by atoms with Crippen LogP contribution in [0.4, 0.5) is 32.0 Å². The zero-order valence-electron chi connectivity index (χ0n) is 16.1. The molecule has 1 unspecified atom stereocenters. The van der Waals surface area contributed by atoms with Crippen molar-refractivity contribution >= 4 is 17.9 Å². The molecule has 1 N–H and O–H groups in total. The van der Waals surface area contributed by atoms with Crippen molar-refractivity contribution in [1.82, 2.24) is 0 Å². The predicted octanol–water partition coefficient (Wildman–Crippen LogP) is 5.91. The number of methoxy groups -OCH3 is 1. The molecule has 0 fully saturated rings. The zero-order valence-corrected chi connectivity index (χ0v) is 16.1. The van der Waals surface area contributed by atoms with Crippen LogP contribution in [-0.4, -0.2) is 24.4 Å². The van der Waals surface area contributed by atoms with Crippen LogP contribution in [0.5, 0.6) is 5.75 Å². The quantitative estimate of drug-likeness (QED) is 0.327. The van der Waals surface area contributed by atoms with Gasteiger partial charge in [0.05, 0.1) is 29.8 Å². The smallest absolute Gasteiger partial charge is 0.416 e. The van der Waals surface area contributed by atoms with E-state index in [2.05, 4.69) is 11.6 Å². The Bertz CT molecular complexity index is 963. The molecule has 2 aromatic carbocycles. The third kappa shape index (κ3) is 6.34. The van der Waals surface area contributed by atoms with Crippen LogP contribution in [0.25, 0.3) is 0 Å². The zero-order chi connectivity index (χ0) is 23.4. The number of benzene rings is 2. The van der Waals surface area contributed by atoms with Gasteiger partial charge < -0.3 is 9.84 Å². The van der Waals surface area contributed by atoms with Gasteiger partial charge in [-0.2, -0.15) is 26.3 Å². The fourth-order valence-corrected chi connectivity index (χ4v) is 2.67. The molecule has 2 aromatic rings. The second kappa shape index (κ2) is 9.23. The van der Waals surface area contributed by atoms with Crippen molar-refractivity contribution in [1.29, 1.82) is 0 Å². The summed E-state index contributed by atoms with van der Waals surface area (Å²) in [6.45, 7) is 3.44. The third-order valence-electron chi connectivity index (χ3n) is 4.30. The highest BCUT2D eigenvalue weighted by Crippen LogP contribution is 2.36. The summed E-state index contributed by atoms with van der Waals surface area (Å²) in [5, 5.41) is 9.20. The molecule has 0 aliphatic carbocycles. The van der Waals surface area contributed by atoms with E-state index in [0.29, 0.717) is 23.4 Å². The summed E-state index contributed by atoms with van der Waals surface area (Å²) in [6.07, 6.45) is -7.94. The summed E-state index contributed by atoms with van der Waals surface area (Å²) in [6, 6.07) is 5.55. The number of halogens is 6. The van der Waals surface area contributed by atoms with Crippen LogP contribution in [0.1, 0.15) is 22.3 Å². The fraction of sp³-hybridized carbons (Fsp3) is 0.238. The van der Waals surface area contributed by atoms with Gasteiger partial charge in [-0.15, -0.1) is 6.58 Å². The first-order chi connectivity index (χ1) is 14.3. The van der Waals surface area contributed by atoms with E-state index in [-0.39, 0.29) is 18.2 Å². The van der Waals surface area contributed by atoms with E-state index in [4.69, 9.17) is 4.74 Å². The standard InChI is InChI=1S/C21H17F6NO3/c1-3-13(19(29)30)8-14-4-5-17(31-2)10-18(14)28-11-12-6-15(20(22,23)24)9-16(7-12)21(25,26)27/h3-7,9-11,13H,1,8H2,2H3,(H,29,30). The molecule has 0 bridgehead atoms. The van der Waals surface area contributed by atoms with Crippen LogP contribution in [0.15, 0.2) is 54.0 Å². The van der Waals surface area contributed by atoms with Gasteiger partial charge in [-0.25, -0.2) is 0 Å². The number of carboxylic acids is 1. The Morgan fingerprint density at radius 2 is 1.68 bits per heavy atom. The number of nitrogens with zero attached hydrogens (tertiary/aromatic N) is 1. The van der Waals surface area contributed by atoms with E-state index < -0.39 is 40.9 Å². The van der Waals surface area contributed by atoms with Crippen LogP contribution in [0.2, 0.25) is 0 Å². The van der Waals surface area contributed by atoms with Crippen molar-refractivity contribution in [2.45, 2.75) is 18.8 Å². The van der Waals surface area contributed by atoms with Gasteiger partial charge in [0.1, 0.15) is 5.75 Å².